The highest BCUT2D eigenvalue weighted by molar-refractivity contribution is 7.17. The van der Waals surface area contributed by atoms with Crippen LogP contribution in [0, 0.1) is 0 Å². The van der Waals surface area contributed by atoms with Gasteiger partial charge in [0.1, 0.15) is 5.00 Å². The van der Waals surface area contributed by atoms with Gasteiger partial charge in [0.05, 0.1) is 12.7 Å². The molecule has 1 aromatic rings. The fraction of sp³-hybridized carbons (Fsp3) is 0.538. The van der Waals surface area contributed by atoms with E-state index >= 15 is 0 Å². The largest absolute Gasteiger partial charge is 0.465 e. The first-order chi connectivity index (χ1) is 9.54. The molecule has 0 saturated heterocycles. The molecule has 1 heterocycles. The second-order valence-electron chi connectivity index (χ2n) is 4.55. The number of carbonyl (C=O) groups excluding carboxylic acids is 2. The molecule has 1 N–H and O–H groups in total. The van der Waals surface area contributed by atoms with E-state index in [1.165, 1.54) is 18.4 Å². The van der Waals surface area contributed by atoms with Gasteiger partial charge in [-0.05, 0) is 31.2 Å². The summed E-state index contributed by atoms with van der Waals surface area (Å²) in [6.45, 7) is 0. The smallest absolute Gasteiger partial charge is 0.341 e. The number of anilines is 1. The number of carbonyl (C=O) groups is 2. The van der Waals surface area contributed by atoms with E-state index in [-0.39, 0.29) is 0 Å². The number of halogens is 2. The molecule has 7 heteroatoms. The van der Waals surface area contributed by atoms with E-state index in [1.807, 2.05) is 0 Å². The molecule has 0 unspecified atom stereocenters. The lowest BCUT2D eigenvalue weighted by Crippen LogP contribution is -2.19. The third-order valence-corrected chi connectivity index (χ3v) is 4.85. The van der Waals surface area contributed by atoms with Crippen molar-refractivity contribution in [3.05, 3.63) is 16.0 Å². The summed E-state index contributed by atoms with van der Waals surface area (Å²) in [4.78, 5) is 23.6. The molecular formula is C13H15Cl2NO3S. The normalized spacial score (nSPS) is 14.6. The summed E-state index contributed by atoms with van der Waals surface area (Å²) < 4.78 is 4.83. The SMILES string of the molecule is COC(=O)c1c(NC(=O)C(Cl)Cl)sc2c1CCCCC2. The molecule has 0 radical (unpaired) electrons. The first kappa shape index (κ1) is 15.6. The molecule has 1 aliphatic carbocycles. The molecule has 1 aliphatic rings. The minimum absolute atomic E-state index is 0.430. The Morgan fingerprint density at radius 1 is 1.25 bits per heavy atom. The van der Waals surface area contributed by atoms with Crippen molar-refractivity contribution in [3.8, 4) is 0 Å². The van der Waals surface area contributed by atoms with Crippen LogP contribution in [0.15, 0.2) is 0 Å². The average Bonchev–Trinajstić information content (AvgIpc) is 2.59. The van der Waals surface area contributed by atoms with Crippen LogP contribution in [0.1, 0.15) is 40.1 Å². The summed E-state index contributed by atoms with van der Waals surface area (Å²) in [5.74, 6) is -0.963. The molecule has 1 aromatic heterocycles. The maximum absolute atomic E-state index is 12.0. The van der Waals surface area contributed by atoms with Gasteiger partial charge >= 0.3 is 5.97 Å². The second kappa shape index (κ2) is 6.78. The highest BCUT2D eigenvalue weighted by Gasteiger charge is 2.27. The zero-order chi connectivity index (χ0) is 14.7. The first-order valence-corrected chi connectivity index (χ1v) is 8.05. The number of aryl methyl sites for hydroxylation is 1. The van der Waals surface area contributed by atoms with Crippen LogP contribution in [0.25, 0.3) is 0 Å². The molecule has 1 amide bonds. The monoisotopic (exact) mass is 335 g/mol. The second-order valence-corrected chi connectivity index (χ2v) is 6.75. The zero-order valence-corrected chi connectivity index (χ0v) is 13.3. The summed E-state index contributed by atoms with van der Waals surface area (Å²) >= 11 is 12.5. The third kappa shape index (κ3) is 3.27. The van der Waals surface area contributed by atoms with Crippen LogP contribution in [-0.2, 0) is 22.4 Å². The summed E-state index contributed by atoms with van der Waals surface area (Å²) in [7, 11) is 1.33. The van der Waals surface area contributed by atoms with Gasteiger partial charge in [0.2, 0.25) is 0 Å². The van der Waals surface area contributed by atoms with Gasteiger partial charge in [0.25, 0.3) is 5.91 Å². The highest BCUT2D eigenvalue weighted by Crippen LogP contribution is 2.38. The standard InChI is InChI=1S/C13H15Cl2NO3S/c1-19-13(18)9-7-5-3-2-4-6-8(7)20-12(9)16-11(17)10(14)15/h10H,2-6H2,1H3,(H,16,17). The highest BCUT2D eigenvalue weighted by atomic mass is 35.5. The Morgan fingerprint density at radius 3 is 2.60 bits per heavy atom. The number of nitrogens with one attached hydrogen (secondary N) is 1. The topological polar surface area (TPSA) is 55.4 Å². The van der Waals surface area contributed by atoms with Crippen LogP contribution in [0.3, 0.4) is 0 Å². The van der Waals surface area contributed by atoms with Crippen LogP contribution >= 0.6 is 34.5 Å². The van der Waals surface area contributed by atoms with E-state index in [2.05, 4.69) is 5.32 Å². The summed E-state index contributed by atoms with van der Waals surface area (Å²) in [5.41, 5.74) is 1.45. The van der Waals surface area contributed by atoms with E-state index in [0.29, 0.717) is 10.6 Å². The van der Waals surface area contributed by atoms with E-state index < -0.39 is 16.7 Å². The van der Waals surface area contributed by atoms with E-state index in [4.69, 9.17) is 27.9 Å². The Balaban J connectivity index is 2.40. The number of hydrogen-bond acceptors (Lipinski definition) is 4. The van der Waals surface area contributed by atoms with Gasteiger partial charge in [-0.1, -0.05) is 29.6 Å². The van der Waals surface area contributed by atoms with Crippen molar-refractivity contribution in [1.82, 2.24) is 0 Å². The molecule has 0 atom stereocenters. The van der Waals surface area contributed by atoms with Gasteiger partial charge in [-0.25, -0.2) is 4.79 Å². The van der Waals surface area contributed by atoms with Crippen molar-refractivity contribution in [3.63, 3.8) is 0 Å². The number of fused-ring (bicyclic) bond motifs is 1. The van der Waals surface area contributed by atoms with Gasteiger partial charge in [-0.2, -0.15) is 0 Å². The lowest BCUT2D eigenvalue weighted by Gasteiger charge is -2.07. The molecule has 0 aromatic carbocycles. The molecule has 4 nitrogen and oxygen atoms in total. The predicted octanol–water partition coefficient (Wildman–Crippen LogP) is 3.55. The van der Waals surface area contributed by atoms with E-state index in [0.717, 1.165) is 42.5 Å². The van der Waals surface area contributed by atoms with Gasteiger partial charge < -0.3 is 10.1 Å². The number of thiophene rings is 1. The lowest BCUT2D eigenvalue weighted by atomic mass is 10.1. The minimum Gasteiger partial charge on any atom is -0.465 e. The Labute approximate surface area is 131 Å². The number of ether oxygens (including phenoxy) is 1. The third-order valence-electron chi connectivity index (χ3n) is 3.25. The number of alkyl halides is 2. The minimum atomic E-state index is -1.16. The summed E-state index contributed by atoms with van der Waals surface area (Å²) in [6.07, 6.45) is 5.03. The van der Waals surface area contributed by atoms with Crippen molar-refractivity contribution >= 4 is 51.4 Å². The molecule has 20 heavy (non-hydrogen) atoms. The Morgan fingerprint density at radius 2 is 1.95 bits per heavy atom. The molecule has 2 rings (SSSR count). The quantitative estimate of drug-likeness (QED) is 0.522. The van der Waals surface area contributed by atoms with Crippen molar-refractivity contribution in [2.45, 2.75) is 36.9 Å². The van der Waals surface area contributed by atoms with Gasteiger partial charge in [-0.3, -0.25) is 4.79 Å². The molecule has 0 aliphatic heterocycles. The first-order valence-electron chi connectivity index (χ1n) is 6.36. The summed E-state index contributed by atoms with van der Waals surface area (Å²) in [6, 6.07) is 0. The fourth-order valence-electron chi connectivity index (χ4n) is 2.32. The Hall–Kier alpha value is -0.780. The van der Waals surface area contributed by atoms with E-state index in [1.54, 1.807) is 0 Å². The summed E-state index contributed by atoms with van der Waals surface area (Å²) in [5, 5.41) is 3.10. The number of hydrogen-bond donors (Lipinski definition) is 1. The zero-order valence-electron chi connectivity index (χ0n) is 11.0. The fourth-order valence-corrected chi connectivity index (χ4v) is 3.70. The maximum Gasteiger partial charge on any atom is 0.341 e. The molecule has 0 saturated carbocycles. The van der Waals surface area contributed by atoms with Crippen LogP contribution in [0.5, 0.6) is 0 Å². The van der Waals surface area contributed by atoms with Gasteiger partial charge in [0, 0.05) is 4.88 Å². The molecule has 0 fully saturated rings. The van der Waals surface area contributed by atoms with Crippen LogP contribution in [-0.4, -0.2) is 23.8 Å². The van der Waals surface area contributed by atoms with Crippen LogP contribution in [0.4, 0.5) is 5.00 Å². The van der Waals surface area contributed by atoms with Crippen molar-refractivity contribution in [1.29, 1.82) is 0 Å². The van der Waals surface area contributed by atoms with Crippen molar-refractivity contribution < 1.29 is 14.3 Å². The van der Waals surface area contributed by atoms with E-state index in [9.17, 15) is 9.59 Å². The molecular weight excluding hydrogens is 321 g/mol. The number of methoxy groups -OCH3 is 1. The molecule has 0 bridgehead atoms. The van der Waals surface area contributed by atoms with Crippen molar-refractivity contribution in [2.24, 2.45) is 0 Å². The molecule has 110 valence electrons. The van der Waals surface area contributed by atoms with Crippen LogP contribution < -0.4 is 5.32 Å². The molecule has 0 spiro atoms. The van der Waals surface area contributed by atoms with Gasteiger partial charge in [-0.15, -0.1) is 11.3 Å². The predicted molar refractivity (Wildman–Crippen MR) is 81.0 cm³/mol. The Bertz CT molecular complexity index is 528. The maximum atomic E-state index is 12.0. The Kier molecular flexibility index (Phi) is 5.29. The number of esters is 1. The van der Waals surface area contributed by atoms with Gasteiger partial charge in [0.15, 0.2) is 4.84 Å². The number of amides is 1. The number of rotatable bonds is 3. The average molecular weight is 336 g/mol. The van der Waals surface area contributed by atoms with Crippen LogP contribution in [0.2, 0.25) is 0 Å². The lowest BCUT2D eigenvalue weighted by molar-refractivity contribution is -0.114. The van der Waals surface area contributed by atoms with Crippen molar-refractivity contribution in [2.75, 3.05) is 12.4 Å².